The van der Waals surface area contributed by atoms with Gasteiger partial charge in [0.05, 0.1) is 23.8 Å². The first kappa shape index (κ1) is 18.3. The molecule has 0 saturated heterocycles. The number of nitrogens with one attached hydrogen (secondary N) is 2. The van der Waals surface area contributed by atoms with Crippen LogP contribution < -0.4 is 10.1 Å². The highest BCUT2D eigenvalue weighted by molar-refractivity contribution is 7.14. The van der Waals surface area contributed by atoms with Gasteiger partial charge in [0.1, 0.15) is 11.6 Å². The van der Waals surface area contributed by atoms with Crippen LogP contribution in [0.3, 0.4) is 0 Å². The number of aromatic amines is 1. The number of pyridine rings is 1. The summed E-state index contributed by atoms with van der Waals surface area (Å²) < 4.78 is 5.33. The van der Waals surface area contributed by atoms with Gasteiger partial charge in [-0.2, -0.15) is 0 Å². The molecule has 6 nitrogen and oxygen atoms in total. The van der Waals surface area contributed by atoms with Gasteiger partial charge in [0.25, 0.3) is 0 Å². The van der Waals surface area contributed by atoms with Gasteiger partial charge in [-0.3, -0.25) is 4.98 Å². The van der Waals surface area contributed by atoms with E-state index in [1.807, 2.05) is 48.0 Å². The number of anilines is 2. The third-order valence-corrected chi connectivity index (χ3v) is 5.63. The van der Waals surface area contributed by atoms with Crippen molar-refractivity contribution in [2.24, 2.45) is 0 Å². The lowest BCUT2D eigenvalue weighted by molar-refractivity contribution is 0.415. The first-order chi connectivity index (χ1) is 14.7. The lowest BCUT2D eigenvalue weighted by Gasteiger charge is -2.06. The van der Waals surface area contributed by atoms with E-state index in [1.165, 1.54) is 0 Å². The highest BCUT2D eigenvalue weighted by Gasteiger charge is 2.11. The molecule has 0 atom stereocenters. The maximum absolute atomic E-state index is 5.33. The standard InChI is InChI=1S/C23H19N5OS/c1-14-9-19-20(26-22(25-19)15-5-3-7-17(10-15)29-2)11-18(14)27-23-28-21(13-30-23)16-6-4-8-24-12-16/h3-13H,1-2H3,(H,25,26)(H,27,28). The van der Waals surface area contributed by atoms with Gasteiger partial charge in [0.2, 0.25) is 0 Å². The minimum atomic E-state index is 0.805. The molecule has 0 aliphatic heterocycles. The van der Waals surface area contributed by atoms with Crippen LogP contribution in [-0.4, -0.2) is 27.0 Å². The van der Waals surface area contributed by atoms with Crippen molar-refractivity contribution >= 4 is 33.2 Å². The van der Waals surface area contributed by atoms with Gasteiger partial charge < -0.3 is 15.0 Å². The van der Waals surface area contributed by atoms with Crippen LogP contribution in [0.25, 0.3) is 33.7 Å². The summed E-state index contributed by atoms with van der Waals surface area (Å²) in [5, 5.41) is 6.30. The quantitative estimate of drug-likeness (QED) is 0.380. The second-order valence-corrected chi connectivity index (χ2v) is 7.76. The number of thiazole rings is 1. The largest absolute Gasteiger partial charge is 0.497 e. The van der Waals surface area contributed by atoms with Crippen LogP contribution in [0.5, 0.6) is 5.75 Å². The Morgan fingerprint density at radius 2 is 1.93 bits per heavy atom. The first-order valence-electron chi connectivity index (χ1n) is 9.47. The van der Waals surface area contributed by atoms with Crippen molar-refractivity contribution in [2.45, 2.75) is 6.92 Å². The zero-order chi connectivity index (χ0) is 20.5. The number of H-pyrrole nitrogens is 1. The van der Waals surface area contributed by atoms with Crippen LogP contribution in [0.2, 0.25) is 0 Å². The van der Waals surface area contributed by atoms with Gasteiger partial charge in [0.15, 0.2) is 5.13 Å². The molecule has 3 aromatic heterocycles. The number of aromatic nitrogens is 4. The Morgan fingerprint density at radius 1 is 1.03 bits per heavy atom. The van der Waals surface area contributed by atoms with Crippen LogP contribution in [-0.2, 0) is 0 Å². The van der Waals surface area contributed by atoms with E-state index in [2.05, 4.69) is 34.3 Å². The van der Waals surface area contributed by atoms with Crippen molar-refractivity contribution in [1.82, 2.24) is 19.9 Å². The predicted octanol–water partition coefficient (Wildman–Crippen LogP) is 5.81. The van der Waals surface area contributed by atoms with Crippen LogP contribution in [0, 0.1) is 6.92 Å². The summed E-state index contributed by atoms with van der Waals surface area (Å²) in [6, 6.07) is 15.9. The van der Waals surface area contributed by atoms with Crippen LogP contribution in [0.1, 0.15) is 5.56 Å². The summed E-state index contributed by atoms with van der Waals surface area (Å²) in [6.07, 6.45) is 3.58. The molecule has 148 valence electrons. The normalized spacial score (nSPS) is 11.0. The summed E-state index contributed by atoms with van der Waals surface area (Å²) in [5.41, 5.74) is 6.88. The number of aryl methyl sites for hydroxylation is 1. The number of hydrogen-bond acceptors (Lipinski definition) is 6. The number of ether oxygens (including phenoxy) is 1. The monoisotopic (exact) mass is 413 g/mol. The topological polar surface area (TPSA) is 75.7 Å². The summed E-state index contributed by atoms with van der Waals surface area (Å²) >= 11 is 1.57. The van der Waals surface area contributed by atoms with E-state index < -0.39 is 0 Å². The Hall–Kier alpha value is -3.71. The number of fused-ring (bicyclic) bond motifs is 1. The fraction of sp³-hybridized carbons (Fsp3) is 0.0870. The summed E-state index contributed by atoms with van der Waals surface area (Å²) in [6.45, 7) is 2.07. The van der Waals surface area contributed by atoms with Crippen molar-refractivity contribution < 1.29 is 4.74 Å². The number of rotatable bonds is 5. The van der Waals surface area contributed by atoms with Crippen molar-refractivity contribution in [3.63, 3.8) is 0 Å². The van der Waals surface area contributed by atoms with Gasteiger partial charge in [-0.15, -0.1) is 11.3 Å². The second kappa shape index (κ2) is 7.61. The molecule has 0 aliphatic rings. The molecular weight excluding hydrogens is 394 g/mol. The first-order valence-corrected chi connectivity index (χ1v) is 10.4. The zero-order valence-corrected chi connectivity index (χ0v) is 17.3. The lowest BCUT2D eigenvalue weighted by Crippen LogP contribution is -1.93. The zero-order valence-electron chi connectivity index (χ0n) is 16.5. The molecule has 0 fully saturated rings. The van der Waals surface area contributed by atoms with Crippen LogP contribution in [0.15, 0.2) is 66.3 Å². The van der Waals surface area contributed by atoms with Crippen molar-refractivity contribution in [1.29, 1.82) is 0 Å². The second-order valence-electron chi connectivity index (χ2n) is 6.91. The lowest BCUT2D eigenvalue weighted by atomic mass is 10.2. The third-order valence-electron chi connectivity index (χ3n) is 4.87. The number of imidazole rings is 1. The Balaban J connectivity index is 1.45. The van der Waals surface area contributed by atoms with Crippen LogP contribution in [0.4, 0.5) is 10.8 Å². The molecule has 30 heavy (non-hydrogen) atoms. The maximum atomic E-state index is 5.33. The SMILES string of the molecule is COc1cccc(-c2nc3cc(Nc4nc(-c5cccnc5)cs4)c(C)cc3[nH]2)c1. The molecule has 5 rings (SSSR count). The third kappa shape index (κ3) is 3.51. The minimum Gasteiger partial charge on any atom is -0.497 e. The smallest absolute Gasteiger partial charge is 0.187 e. The molecule has 0 spiro atoms. The fourth-order valence-corrected chi connectivity index (χ4v) is 4.03. The molecule has 0 bridgehead atoms. The molecule has 0 saturated carbocycles. The molecule has 0 radical (unpaired) electrons. The fourth-order valence-electron chi connectivity index (χ4n) is 3.30. The summed E-state index contributed by atoms with van der Waals surface area (Å²) in [5.74, 6) is 1.62. The van der Waals surface area contributed by atoms with Crippen molar-refractivity contribution in [3.05, 3.63) is 71.9 Å². The highest BCUT2D eigenvalue weighted by Crippen LogP contribution is 2.31. The average molecular weight is 414 g/mol. The van der Waals surface area contributed by atoms with Crippen LogP contribution >= 0.6 is 11.3 Å². The highest BCUT2D eigenvalue weighted by atomic mass is 32.1. The number of nitrogens with zero attached hydrogens (tertiary/aromatic N) is 3. The molecule has 0 amide bonds. The van der Waals surface area contributed by atoms with Gasteiger partial charge >= 0.3 is 0 Å². The minimum absolute atomic E-state index is 0.805. The molecular formula is C23H19N5OS. The summed E-state index contributed by atoms with van der Waals surface area (Å²) in [4.78, 5) is 17.0. The predicted molar refractivity (Wildman–Crippen MR) is 121 cm³/mol. The van der Waals surface area contributed by atoms with E-state index in [9.17, 15) is 0 Å². The van der Waals surface area contributed by atoms with E-state index in [0.29, 0.717) is 0 Å². The van der Waals surface area contributed by atoms with Crippen molar-refractivity contribution in [2.75, 3.05) is 12.4 Å². The van der Waals surface area contributed by atoms with Crippen molar-refractivity contribution in [3.8, 4) is 28.4 Å². The number of benzene rings is 2. The molecule has 5 aromatic rings. The average Bonchev–Trinajstić information content (AvgIpc) is 3.42. The summed E-state index contributed by atoms with van der Waals surface area (Å²) in [7, 11) is 1.66. The Kier molecular flexibility index (Phi) is 4.65. The van der Waals surface area contributed by atoms with E-state index in [4.69, 9.17) is 14.7 Å². The van der Waals surface area contributed by atoms with Gasteiger partial charge in [-0.05, 0) is 48.9 Å². The molecule has 0 aliphatic carbocycles. The molecule has 0 unspecified atom stereocenters. The Morgan fingerprint density at radius 3 is 2.77 bits per heavy atom. The Bertz CT molecular complexity index is 1330. The van der Waals surface area contributed by atoms with E-state index in [-0.39, 0.29) is 0 Å². The number of methoxy groups -OCH3 is 1. The molecule has 3 heterocycles. The molecule has 2 aromatic carbocycles. The van der Waals surface area contributed by atoms with E-state index in [1.54, 1.807) is 24.6 Å². The maximum Gasteiger partial charge on any atom is 0.187 e. The molecule has 2 N–H and O–H groups in total. The number of hydrogen-bond donors (Lipinski definition) is 2. The van der Waals surface area contributed by atoms with Gasteiger partial charge in [0, 0.05) is 34.6 Å². The van der Waals surface area contributed by atoms with E-state index >= 15 is 0 Å². The van der Waals surface area contributed by atoms with Gasteiger partial charge in [-0.1, -0.05) is 12.1 Å². The molecule has 7 heteroatoms. The van der Waals surface area contributed by atoms with Gasteiger partial charge in [-0.25, -0.2) is 9.97 Å². The Labute approximate surface area is 177 Å². The van der Waals surface area contributed by atoms with E-state index in [0.717, 1.165) is 55.8 Å².